The van der Waals surface area contributed by atoms with Gasteiger partial charge in [-0.15, -0.1) is 0 Å². The minimum Gasteiger partial charge on any atom is -0.481 e. The summed E-state index contributed by atoms with van der Waals surface area (Å²) in [4.78, 5) is 10.6. The van der Waals surface area contributed by atoms with Crippen LogP contribution < -0.4 is 0 Å². The predicted molar refractivity (Wildman–Crippen MR) is 50.4 cm³/mol. The number of carboxylic acids is 1. The van der Waals surface area contributed by atoms with Gasteiger partial charge in [0.05, 0.1) is 0 Å². The van der Waals surface area contributed by atoms with Gasteiger partial charge in [-0.1, -0.05) is 13.8 Å². The summed E-state index contributed by atoms with van der Waals surface area (Å²) in [6.45, 7) is 4.61. The fourth-order valence-electron chi connectivity index (χ4n) is 3.43. The molecule has 2 bridgehead atoms. The van der Waals surface area contributed by atoms with Gasteiger partial charge in [0.15, 0.2) is 0 Å². The van der Waals surface area contributed by atoms with E-state index >= 15 is 0 Å². The lowest BCUT2D eigenvalue weighted by Crippen LogP contribution is -2.52. The molecule has 0 saturated heterocycles. The zero-order valence-corrected chi connectivity index (χ0v) is 8.42. The monoisotopic (exact) mass is 182 g/mol. The molecule has 74 valence electrons. The number of carbonyl (C=O) groups is 1. The normalized spacial score (nSPS) is 40.9. The first-order valence-electron chi connectivity index (χ1n) is 5.23. The van der Waals surface area contributed by atoms with Crippen molar-refractivity contribution in [1.82, 2.24) is 0 Å². The van der Waals surface area contributed by atoms with Crippen LogP contribution in [0.3, 0.4) is 0 Å². The highest BCUT2D eigenvalue weighted by Crippen LogP contribution is 2.61. The molecule has 0 heterocycles. The van der Waals surface area contributed by atoms with E-state index in [4.69, 9.17) is 5.11 Å². The van der Waals surface area contributed by atoms with Gasteiger partial charge in [0, 0.05) is 6.42 Å². The van der Waals surface area contributed by atoms with E-state index in [0.717, 1.165) is 12.3 Å². The lowest BCUT2D eigenvalue weighted by Gasteiger charge is -2.60. The molecule has 13 heavy (non-hydrogen) atoms. The summed E-state index contributed by atoms with van der Waals surface area (Å²) < 4.78 is 0. The Labute approximate surface area is 79.3 Å². The number of rotatable bonds is 2. The highest BCUT2D eigenvalue weighted by Gasteiger charge is 2.54. The van der Waals surface area contributed by atoms with Crippen molar-refractivity contribution in [3.63, 3.8) is 0 Å². The van der Waals surface area contributed by atoms with Crippen molar-refractivity contribution in [3.05, 3.63) is 0 Å². The Bertz CT molecular complexity index is 230. The molecule has 2 nitrogen and oxygen atoms in total. The predicted octanol–water partition coefficient (Wildman–Crippen LogP) is 2.53. The standard InChI is InChI=1S/C11H18O2/c1-11(2)8-4-3-7(5-10(12)13)9(11)6-8/h7-9H,3-6H2,1-2H3,(H,12,13)/t7-,8+,9-/m1/s1. The number of carboxylic acid groups (broad SMARTS) is 1. The average molecular weight is 182 g/mol. The molecule has 3 fully saturated rings. The molecule has 3 rings (SSSR count). The van der Waals surface area contributed by atoms with Gasteiger partial charge in [0.2, 0.25) is 0 Å². The maximum absolute atomic E-state index is 10.6. The fraction of sp³-hybridized carbons (Fsp3) is 0.909. The molecule has 0 amide bonds. The van der Waals surface area contributed by atoms with E-state index in [9.17, 15) is 4.79 Å². The Morgan fingerprint density at radius 3 is 2.62 bits per heavy atom. The fourth-order valence-corrected chi connectivity index (χ4v) is 3.43. The first-order chi connectivity index (χ1) is 6.01. The van der Waals surface area contributed by atoms with E-state index < -0.39 is 5.97 Å². The smallest absolute Gasteiger partial charge is 0.303 e. The SMILES string of the molecule is CC1(C)[C@H]2CC[C@H](CC(=O)O)[C@H]1C2. The van der Waals surface area contributed by atoms with Crippen LogP contribution in [-0.4, -0.2) is 11.1 Å². The van der Waals surface area contributed by atoms with Gasteiger partial charge in [-0.3, -0.25) is 4.79 Å². The average Bonchev–Trinajstić information content (AvgIpc) is 2.03. The topological polar surface area (TPSA) is 37.3 Å². The van der Waals surface area contributed by atoms with E-state index in [2.05, 4.69) is 13.8 Å². The third kappa shape index (κ3) is 1.27. The first kappa shape index (κ1) is 9.04. The third-order valence-corrected chi connectivity index (χ3v) is 4.44. The van der Waals surface area contributed by atoms with Crippen molar-refractivity contribution in [2.24, 2.45) is 23.2 Å². The Hall–Kier alpha value is -0.530. The van der Waals surface area contributed by atoms with E-state index in [-0.39, 0.29) is 0 Å². The molecule has 0 aliphatic heterocycles. The van der Waals surface area contributed by atoms with E-state index in [1.165, 1.54) is 12.8 Å². The second-order valence-electron chi connectivity index (χ2n) is 5.30. The number of hydrogen-bond acceptors (Lipinski definition) is 1. The molecule has 0 unspecified atom stereocenters. The zero-order chi connectivity index (χ0) is 9.64. The molecule has 3 saturated carbocycles. The Morgan fingerprint density at radius 2 is 2.15 bits per heavy atom. The molecule has 3 aliphatic carbocycles. The summed E-state index contributed by atoms with van der Waals surface area (Å²) in [7, 11) is 0. The van der Waals surface area contributed by atoms with Crippen molar-refractivity contribution in [2.45, 2.75) is 39.5 Å². The van der Waals surface area contributed by atoms with Crippen LogP contribution in [0.4, 0.5) is 0 Å². The lowest BCUT2D eigenvalue weighted by atomic mass is 9.45. The van der Waals surface area contributed by atoms with E-state index in [1.807, 2.05) is 0 Å². The molecule has 0 aromatic heterocycles. The number of hydrogen-bond donors (Lipinski definition) is 1. The molecule has 0 aromatic rings. The Morgan fingerprint density at radius 1 is 1.46 bits per heavy atom. The minimum absolute atomic E-state index is 0.390. The second kappa shape index (κ2) is 2.73. The van der Waals surface area contributed by atoms with Gasteiger partial charge in [0.1, 0.15) is 0 Å². The second-order valence-corrected chi connectivity index (χ2v) is 5.30. The molecule has 3 atom stereocenters. The summed E-state index contributed by atoms with van der Waals surface area (Å²) in [5.74, 6) is 1.40. The zero-order valence-electron chi connectivity index (χ0n) is 8.42. The van der Waals surface area contributed by atoms with Gasteiger partial charge < -0.3 is 5.11 Å². The molecule has 1 N–H and O–H groups in total. The summed E-state index contributed by atoms with van der Waals surface area (Å²) in [6, 6.07) is 0. The molecule has 0 radical (unpaired) electrons. The van der Waals surface area contributed by atoms with E-state index in [1.54, 1.807) is 0 Å². The summed E-state index contributed by atoms with van der Waals surface area (Å²) >= 11 is 0. The van der Waals surface area contributed by atoms with Crippen LogP contribution in [0.2, 0.25) is 0 Å². The van der Waals surface area contributed by atoms with Crippen LogP contribution in [0.15, 0.2) is 0 Å². The van der Waals surface area contributed by atoms with Gasteiger partial charge in [-0.2, -0.15) is 0 Å². The molecule has 0 aromatic carbocycles. The van der Waals surface area contributed by atoms with Gasteiger partial charge >= 0.3 is 5.97 Å². The highest BCUT2D eigenvalue weighted by atomic mass is 16.4. The van der Waals surface area contributed by atoms with Crippen molar-refractivity contribution in [1.29, 1.82) is 0 Å². The largest absolute Gasteiger partial charge is 0.481 e. The third-order valence-electron chi connectivity index (χ3n) is 4.44. The molecular weight excluding hydrogens is 164 g/mol. The summed E-state index contributed by atoms with van der Waals surface area (Å²) in [5.41, 5.74) is 0.429. The maximum Gasteiger partial charge on any atom is 0.303 e. The maximum atomic E-state index is 10.6. The van der Waals surface area contributed by atoms with Crippen LogP contribution in [0.25, 0.3) is 0 Å². The lowest BCUT2D eigenvalue weighted by molar-refractivity contribution is -0.146. The van der Waals surface area contributed by atoms with Crippen LogP contribution >= 0.6 is 0 Å². The van der Waals surface area contributed by atoms with Crippen molar-refractivity contribution < 1.29 is 9.90 Å². The highest BCUT2D eigenvalue weighted by molar-refractivity contribution is 5.67. The summed E-state index contributed by atoms with van der Waals surface area (Å²) in [6.07, 6.45) is 4.07. The number of aliphatic carboxylic acids is 1. The molecule has 2 heteroatoms. The van der Waals surface area contributed by atoms with Crippen molar-refractivity contribution in [2.75, 3.05) is 0 Å². The van der Waals surface area contributed by atoms with Crippen molar-refractivity contribution >= 4 is 5.97 Å². The first-order valence-corrected chi connectivity index (χ1v) is 5.23. The summed E-state index contributed by atoms with van der Waals surface area (Å²) in [5, 5.41) is 8.77. The van der Waals surface area contributed by atoms with Gasteiger partial charge in [0.25, 0.3) is 0 Å². The van der Waals surface area contributed by atoms with Crippen LogP contribution in [0.1, 0.15) is 39.5 Å². The van der Waals surface area contributed by atoms with Crippen LogP contribution in [-0.2, 0) is 4.79 Å². The Balaban J connectivity index is 2.03. The van der Waals surface area contributed by atoms with E-state index in [0.29, 0.717) is 23.7 Å². The van der Waals surface area contributed by atoms with Gasteiger partial charge in [-0.25, -0.2) is 0 Å². The minimum atomic E-state index is -0.619. The quantitative estimate of drug-likeness (QED) is 0.712. The molecular formula is C11H18O2. The van der Waals surface area contributed by atoms with Crippen LogP contribution in [0.5, 0.6) is 0 Å². The molecule has 3 aliphatic rings. The van der Waals surface area contributed by atoms with Crippen LogP contribution in [0, 0.1) is 23.2 Å². The Kier molecular flexibility index (Phi) is 1.90. The number of fused-ring (bicyclic) bond motifs is 2. The van der Waals surface area contributed by atoms with Crippen molar-refractivity contribution in [3.8, 4) is 0 Å². The van der Waals surface area contributed by atoms with Gasteiger partial charge in [-0.05, 0) is 42.4 Å². The molecule has 0 spiro atoms.